The van der Waals surface area contributed by atoms with Gasteiger partial charge in [-0.3, -0.25) is 0 Å². The van der Waals surface area contributed by atoms with Crippen LogP contribution in [0.1, 0.15) is 27.8 Å². The van der Waals surface area contributed by atoms with E-state index >= 15 is 0 Å². The van der Waals surface area contributed by atoms with Crippen molar-refractivity contribution in [2.24, 2.45) is 9.98 Å². The average Bonchev–Trinajstić information content (AvgIpc) is 3.20. The highest BCUT2D eigenvalue weighted by atomic mass is 16.5. The molecular weight excluding hydrogens is 625 g/mol. The Kier molecular flexibility index (Phi) is 10.5. The number of para-hydroxylation sites is 2. The second-order valence-corrected chi connectivity index (χ2v) is 11.7. The lowest BCUT2D eigenvalue weighted by atomic mass is 9.99. The van der Waals surface area contributed by atoms with Crippen LogP contribution in [0.2, 0.25) is 0 Å². The first-order valence-electron chi connectivity index (χ1n) is 16.8. The zero-order valence-electron chi connectivity index (χ0n) is 27.9. The summed E-state index contributed by atoms with van der Waals surface area (Å²) in [5, 5.41) is 0. The SMILES string of the molecule is C(=Nc1ccccc1)=C(c1ccccc1)c1ccc(OCc2ccc(Oc3ccc(C(=C=Nc4ccccc4)c4ccccc4)cc3)cc2)cc1. The van der Waals surface area contributed by atoms with Crippen LogP contribution in [-0.4, -0.2) is 11.7 Å². The molecule has 0 unspecified atom stereocenters. The molecule has 0 aromatic heterocycles. The van der Waals surface area contributed by atoms with Crippen LogP contribution in [0.3, 0.4) is 0 Å². The molecule has 0 N–H and O–H groups in total. The third-order valence-electron chi connectivity index (χ3n) is 8.08. The third-order valence-corrected chi connectivity index (χ3v) is 8.08. The summed E-state index contributed by atoms with van der Waals surface area (Å²) in [5.74, 6) is 8.82. The van der Waals surface area contributed by atoms with Gasteiger partial charge in [-0.2, -0.15) is 0 Å². The first-order valence-corrected chi connectivity index (χ1v) is 16.8. The largest absolute Gasteiger partial charge is 0.489 e. The molecule has 0 radical (unpaired) electrons. The summed E-state index contributed by atoms with van der Waals surface area (Å²) in [6, 6.07) is 64.1. The summed E-state index contributed by atoms with van der Waals surface area (Å²) in [6.45, 7) is 0.435. The van der Waals surface area contributed by atoms with Crippen molar-refractivity contribution in [1.82, 2.24) is 0 Å². The van der Waals surface area contributed by atoms with Crippen molar-refractivity contribution < 1.29 is 9.47 Å². The summed E-state index contributed by atoms with van der Waals surface area (Å²) in [6.07, 6.45) is 0. The summed E-state index contributed by atoms with van der Waals surface area (Å²) < 4.78 is 12.3. The molecule has 0 aliphatic heterocycles. The molecule has 0 atom stereocenters. The number of hydrogen-bond acceptors (Lipinski definition) is 4. The number of ether oxygens (including phenoxy) is 2. The van der Waals surface area contributed by atoms with Crippen molar-refractivity contribution in [2.45, 2.75) is 6.61 Å². The lowest BCUT2D eigenvalue weighted by Gasteiger charge is -2.11. The molecule has 0 aliphatic carbocycles. The van der Waals surface area contributed by atoms with E-state index in [9.17, 15) is 0 Å². The highest BCUT2D eigenvalue weighted by molar-refractivity contribution is 6.00. The number of benzene rings is 7. The number of hydrogen-bond donors (Lipinski definition) is 0. The standard InChI is InChI=1S/C47H34N2O2/c1-5-13-37(14-6-1)46(33-48-41-17-9-3-10-18-41)39-23-29-43(30-24-39)50-35-36-21-27-44(28-22-36)51-45-31-25-40(26-32-45)47(38-15-7-2-8-16-38)34-49-42-19-11-4-12-20-42/h1-32H,35H2. The van der Waals surface area contributed by atoms with Gasteiger partial charge in [0.25, 0.3) is 0 Å². The van der Waals surface area contributed by atoms with Gasteiger partial charge in [-0.15, -0.1) is 0 Å². The fraction of sp³-hybridized carbons (Fsp3) is 0.0213. The van der Waals surface area contributed by atoms with E-state index in [2.05, 4.69) is 46.0 Å². The molecule has 7 aromatic carbocycles. The van der Waals surface area contributed by atoms with E-state index in [1.54, 1.807) is 0 Å². The fourth-order valence-corrected chi connectivity index (χ4v) is 5.41. The quantitative estimate of drug-likeness (QED) is 0.130. The Morgan fingerprint density at radius 1 is 0.373 bits per heavy atom. The summed E-state index contributed by atoms with van der Waals surface area (Å²) in [5.41, 5.74) is 8.68. The number of nitrogens with zero attached hydrogens (tertiary/aromatic N) is 2. The van der Waals surface area contributed by atoms with Crippen molar-refractivity contribution in [3.63, 3.8) is 0 Å². The van der Waals surface area contributed by atoms with E-state index in [0.717, 1.165) is 67.6 Å². The molecule has 0 bridgehead atoms. The first kappa shape index (κ1) is 32.6. The minimum Gasteiger partial charge on any atom is -0.489 e. The van der Waals surface area contributed by atoms with E-state index < -0.39 is 0 Å². The van der Waals surface area contributed by atoms with Gasteiger partial charge in [0.05, 0.1) is 22.5 Å². The van der Waals surface area contributed by atoms with E-state index in [-0.39, 0.29) is 0 Å². The zero-order valence-corrected chi connectivity index (χ0v) is 27.9. The average molecular weight is 659 g/mol. The fourth-order valence-electron chi connectivity index (χ4n) is 5.41. The second-order valence-electron chi connectivity index (χ2n) is 11.7. The predicted octanol–water partition coefficient (Wildman–Crippen LogP) is 11.9. The highest BCUT2D eigenvalue weighted by Crippen LogP contribution is 2.28. The van der Waals surface area contributed by atoms with Gasteiger partial charge in [-0.1, -0.05) is 109 Å². The van der Waals surface area contributed by atoms with E-state index in [1.807, 2.05) is 170 Å². The maximum Gasteiger partial charge on any atom is 0.127 e. The normalized spacial score (nSPS) is 10.3. The van der Waals surface area contributed by atoms with Crippen LogP contribution in [0.4, 0.5) is 11.4 Å². The molecule has 51 heavy (non-hydrogen) atoms. The molecule has 0 fully saturated rings. The zero-order chi connectivity index (χ0) is 34.5. The second kappa shape index (κ2) is 16.4. The molecule has 4 heteroatoms. The van der Waals surface area contributed by atoms with Gasteiger partial charge >= 0.3 is 0 Å². The van der Waals surface area contributed by atoms with Crippen LogP contribution >= 0.6 is 0 Å². The van der Waals surface area contributed by atoms with Crippen LogP contribution in [0, 0.1) is 0 Å². The van der Waals surface area contributed by atoms with Crippen LogP contribution in [0.15, 0.2) is 204 Å². The molecule has 244 valence electrons. The molecule has 0 spiro atoms. The Morgan fingerprint density at radius 2 is 0.725 bits per heavy atom. The van der Waals surface area contributed by atoms with Crippen LogP contribution in [-0.2, 0) is 6.61 Å². The summed E-state index contributed by atoms with van der Waals surface area (Å²) in [4.78, 5) is 9.19. The van der Waals surface area contributed by atoms with Gasteiger partial charge in [-0.25, -0.2) is 9.98 Å². The summed E-state index contributed by atoms with van der Waals surface area (Å²) in [7, 11) is 0. The lowest BCUT2D eigenvalue weighted by Crippen LogP contribution is -1.96. The van der Waals surface area contributed by atoms with Crippen molar-refractivity contribution >= 4 is 34.3 Å². The summed E-state index contributed by atoms with van der Waals surface area (Å²) >= 11 is 0. The predicted molar refractivity (Wildman–Crippen MR) is 209 cm³/mol. The third kappa shape index (κ3) is 8.94. The highest BCUT2D eigenvalue weighted by Gasteiger charge is 2.08. The Morgan fingerprint density at radius 3 is 1.16 bits per heavy atom. The van der Waals surface area contributed by atoms with Crippen LogP contribution in [0.5, 0.6) is 17.2 Å². The number of rotatable bonds is 11. The Bertz CT molecular complexity index is 2290. The van der Waals surface area contributed by atoms with Gasteiger partial charge in [0, 0.05) is 0 Å². The maximum atomic E-state index is 6.18. The van der Waals surface area contributed by atoms with Crippen molar-refractivity contribution in [3.8, 4) is 17.2 Å². The van der Waals surface area contributed by atoms with E-state index in [0.29, 0.717) is 6.61 Å². The number of aliphatic imine (C=N–C) groups is 2. The smallest absolute Gasteiger partial charge is 0.127 e. The van der Waals surface area contributed by atoms with Gasteiger partial charge in [0.1, 0.15) is 23.9 Å². The van der Waals surface area contributed by atoms with Gasteiger partial charge in [0.2, 0.25) is 0 Å². The molecule has 0 saturated carbocycles. The maximum absolute atomic E-state index is 6.18. The van der Waals surface area contributed by atoms with Crippen LogP contribution < -0.4 is 9.47 Å². The van der Waals surface area contributed by atoms with Gasteiger partial charge in [0.15, 0.2) is 0 Å². The van der Waals surface area contributed by atoms with E-state index in [1.165, 1.54) is 0 Å². The van der Waals surface area contributed by atoms with Crippen molar-refractivity contribution in [3.05, 3.63) is 222 Å². The van der Waals surface area contributed by atoms with Crippen LogP contribution in [0.25, 0.3) is 11.1 Å². The first-order chi connectivity index (χ1) is 25.3. The monoisotopic (exact) mass is 658 g/mol. The minimum absolute atomic E-state index is 0.435. The minimum atomic E-state index is 0.435. The van der Waals surface area contributed by atoms with Gasteiger partial charge < -0.3 is 9.47 Å². The molecule has 0 amide bonds. The Hall–Kier alpha value is -6.96. The van der Waals surface area contributed by atoms with Crippen molar-refractivity contribution in [1.29, 1.82) is 0 Å². The molecule has 0 aliphatic rings. The molecule has 7 rings (SSSR count). The molecule has 0 heterocycles. The molecular formula is C47H34N2O2. The van der Waals surface area contributed by atoms with Crippen molar-refractivity contribution in [2.75, 3.05) is 0 Å². The lowest BCUT2D eigenvalue weighted by molar-refractivity contribution is 0.306. The topological polar surface area (TPSA) is 43.2 Å². The Labute approximate surface area is 298 Å². The molecule has 0 saturated heterocycles. The molecule has 4 nitrogen and oxygen atoms in total. The van der Waals surface area contributed by atoms with Gasteiger partial charge in [-0.05, 0) is 124 Å². The Balaban J connectivity index is 0.995. The van der Waals surface area contributed by atoms with E-state index in [4.69, 9.17) is 9.47 Å². The molecule has 7 aromatic rings.